The van der Waals surface area contributed by atoms with Crippen molar-refractivity contribution < 1.29 is 28.8 Å². The first-order valence-corrected chi connectivity index (χ1v) is 27.4. The summed E-state index contributed by atoms with van der Waals surface area (Å²) in [6.07, 6.45) is 0. The van der Waals surface area contributed by atoms with Gasteiger partial charge in [0.1, 0.15) is 0 Å². The number of benzene rings is 6. The SMILES string of the molecule is O=C(c1ccc(Br)cc1)C1SC2(C(=O)c3ccc(Br)cc3)SC(C(=O)c3ccc(Br)cc3)C(C(=O)c3ccc(Br)cc3)SC2(C(=O)c2ccc(Br)cc2)SC1C(=O)c1ccc(Br)cc1. The van der Waals surface area contributed by atoms with Crippen LogP contribution in [0.3, 0.4) is 0 Å². The van der Waals surface area contributed by atoms with Crippen molar-refractivity contribution in [1.82, 2.24) is 0 Å². The first-order valence-electron chi connectivity index (χ1n) is 19.1. The quantitative estimate of drug-likeness (QED) is 0.110. The van der Waals surface area contributed by atoms with E-state index >= 15 is 28.8 Å². The molecule has 2 aliphatic heterocycles. The summed E-state index contributed by atoms with van der Waals surface area (Å²) >= 11 is 24.5. The zero-order valence-corrected chi connectivity index (χ0v) is 45.3. The molecule has 322 valence electrons. The Morgan fingerprint density at radius 2 is 0.438 bits per heavy atom. The Morgan fingerprint density at radius 1 is 0.281 bits per heavy atom. The average Bonchev–Trinajstić information content (AvgIpc) is 3.30. The van der Waals surface area contributed by atoms with E-state index in [9.17, 15) is 0 Å². The molecule has 6 aromatic rings. The number of carbonyl (C=O) groups excluding carboxylic acids is 6. The van der Waals surface area contributed by atoms with Crippen molar-refractivity contribution in [2.45, 2.75) is 29.2 Å². The van der Waals surface area contributed by atoms with Crippen LogP contribution >= 0.6 is 143 Å². The summed E-state index contributed by atoms with van der Waals surface area (Å²) < 4.78 is 0.282. The Labute approximate surface area is 436 Å². The molecule has 2 fully saturated rings. The predicted molar refractivity (Wildman–Crippen MR) is 282 cm³/mol. The summed E-state index contributed by atoms with van der Waals surface area (Å²) in [7, 11) is 0. The van der Waals surface area contributed by atoms with Crippen LogP contribution in [0.5, 0.6) is 0 Å². The number of carbonyl (C=O) groups is 6. The number of fused-ring (bicyclic) bond motifs is 1. The van der Waals surface area contributed by atoms with E-state index in [0.717, 1.165) is 64.9 Å². The molecule has 0 radical (unpaired) electrons. The Kier molecular flexibility index (Phi) is 15.1. The molecule has 8 rings (SSSR count). The van der Waals surface area contributed by atoms with Gasteiger partial charge >= 0.3 is 0 Å². The Morgan fingerprint density at radius 3 is 0.609 bits per heavy atom. The molecule has 0 N–H and O–H groups in total. The molecule has 16 heteroatoms. The topological polar surface area (TPSA) is 102 Å². The van der Waals surface area contributed by atoms with Gasteiger partial charge in [-0.1, -0.05) is 168 Å². The fourth-order valence-corrected chi connectivity index (χ4v) is 17.7. The van der Waals surface area contributed by atoms with Crippen LogP contribution in [0.2, 0.25) is 0 Å². The third-order valence-corrected chi connectivity index (χ3v) is 22.0. The van der Waals surface area contributed by atoms with Crippen molar-refractivity contribution in [3.63, 3.8) is 0 Å². The minimum absolute atomic E-state index is 0.206. The molecule has 0 amide bonds. The van der Waals surface area contributed by atoms with Gasteiger partial charge in [0.25, 0.3) is 0 Å². The zero-order chi connectivity index (χ0) is 45.5. The van der Waals surface area contributed by atoms with Gasteiger partial charge in [-0.3, -0.25) is 28.8 Å². The molecule has 0 bridgehead atoms. The molecule has 64 heavy (non-hydrogen) atoms. The largest absolute Gasteiger partial charge is 0.293 e. The van der Waals surface area contributed by atoms with Crippen molar-refractivity contribution >= 4 is 177 Å². The van der Waals surface area contributed by atoms with E-state index in [-0.39, 0.29) is 33.4 Å². The predicted octanol–water partition coefficient (Wildman–Crippen LogP) is 14.7. The highest BCUT2D eigenvalue weighted by atomic mass is 79.9. The van der Waals surface area contributed by atoms with Crippen molar-refractivity contribution in [2.75, 3.05) is 0 Å². The molecule has 4 unspecified atom stereocenters. The van der Waals surface area contributed by atoms with Crippen LogP contribution < -0.4 is 0 Å². The van der Waals surface area contributed by atoms with E-state index in [0.29, 0.717) is 8.95 Å². The minimum Gasteiger partial charge on any atom is -0.293 e. The fraction of sp³-hybridized carbons (Fsp3) is 0.125. The van der Waals surface area contributed by atoms with E-state index in [1.807, 2.05) is 0 Å². The van der Waals surface area contributed by atoms with Crippen LogP contribution in [0.1, 0.15) is 62.1 Å². The fourth-order valence-electron chi connectivity index (χ4n) is 7.30. The molecule has 6 nitrogen and oxygen atoms in total. The van der Waals surface area contributed by atoms with Gasteiger partial charge < -0.3 is 0 Å². The standard InChI is InChI=1S/C48H28Br6O6S4/c49-31-13-1-25(2-14-31)37(55)41-42(38(56)26-3-15-32(50)16-4-26)62-48(46(60)30-11-23-36(54)24-12-30)47(61-41,45(59)29-9-21-35(53)22-10-29)63-43(39(57)27-5-17-33(51)18-6-27)44(64-48)40(58)28-7-19-34(52)20-8-28/h1-24,41-44H. The van der Waals surface area contributed by atoms with E-state index < -0.39 is 63.9 Å². The summed E-state index contributed by atoms with van der Waals surface area (Å²) in [5, 5.41) is -5.05. The van der Waals surface area contributed by atoms with E-state index in [1.54, 1.807) is 146 Å². The summed E-state index contributed by atoms with van der Waals surface area (Å²) in [4.78, 5) is 93.0. The molecule has 6 aromatic carbocycles. The highest BCUT2D eigenvalue weighted by Gasteiger charge is 2.74. The van der Waals surface area contributed by atoms with Gasteiger partial charge in [-0.15, -0.1) is 47.0 Å². The highest BCUT2D eigenvalue weighted by Crippen LogP contribution is 2.72. The summed E-state index contributed by atoms with van der Waals surface area (Å²) in [6, 6.07) is 40.3. The highest BCUT2D eigenvalue weighted by molar-refractivity contribution is 9.11. The lowest BCUT2D eigenvalue weighted by Crippen LogP contribution is -2.67. The zero-order valence-electron chi connectivity index (χ0n) is 32.5. The van der Waals surface area contributed by atoms with Crippen molar-refractivity contribution in [1.29, 1.82) is 0 Å². The average molecular weight is 1310 g/mol. The monoisotopic (exact) mass is 1300 g/mol. The van der Waals surface area contributed by atoms with Gasteiger partial charge in [-0.05, 0) is 72.8 Å². The Hall–Kier alpha value is -2.38. The lowest BCUT2D eigenvalue weighted by Gasteiger charge is -2.58. The van der Waals surface area contributed by atoms with Crippen LogP contribution in [0.15, 0.2) is 172 Å². The second-order valence-corrected chi connectivity index (χ2v) is 26.0. The number of Topliss-reactive ketones (excluding diaryl/α,β-unsaturated/α-hetero) is 6. The van der Waals surface area contributed by atoms with Gasteiger partial charge in [-0.2, -0.15) is 0 Å². The molecule has 2 saturated heterocycles. The van der Waals surface area contributed by atoms with Gasteiger partial charge in [0.15, 0.2) is 42.9 Å². The van der Waals surface area contributed by atoms with Crippen molar-refractivity contribution in [3.8, 4) is 0 Å². The third kappa shape index (κ3) is 9.53. The maximum absolute atomic E-state index is 16.1. The number of halogens is 6. The molecule has 0 aliphatic carbocycles. The number of hydrogen-bond donors (Lipinski definition) is 0. The van der Waals surface area contributed by atoms with Crippen LogP contribution in [0, 0.1) is 0 Å². The van der Waals surface area contributed by atoms with Crippen LogP contribution in [0.4, 0.5) is 0 Å². The molecule has 0 saturated carbocycles. The van der Waals surface area contributed by atoms with Gasteiger partial charge in [0, 0.05) is 60.2 Å². The van der Waals surface area contributed by atoms with Crippen LogP contribution in [-0.2, 0) is 0 Å². The maximum atomic E-state index is 16.1. The molecular weight excluding hydrogens is 1280 g/mol. The first kappa shape index (κ1) is 48.1. The Balaban J connectivity index is 1.43. The Bertz CT molecular complexity index is 2480. The van der Waals surface area contributed by atoms with Crippen molar-refractivity contribution in [2.24, 2.45) is 0 Å². The van der Waals surface area contributed by atoms with Crippen LogP contribution in [0.25, 0.3) is 0 Å². The number of ketones is 6. The molecule has 2 aliphatic rings. The third-order valence-electron chi connectivity index (χ3n) is 10.5. The van der Waals surface area contributed by atoms with Gasteiger partial charge in [-0.25, -0.2) is 0 Å². The maximum Gasteiger partial charge on any atom is 0.191 e. The molecule has 2 heterocycles. The number of hydrogen-bond acceptors (Lipinski definition) is 10. The van der Waals surface area contributed by atoms with Gasteiger partial charge in [0.05, 0.1) is 21.0 Å². The van der Waals surface area contributed by atoms with Gasteiger partial charge in [0.2, 0.25) is 0 Å². The molecule has 0 spiro atoms. The summed E-state index contributed by atoms with van der Waals surface area (Å²) in [6.45, 7) is 0. The van der Waals surface area contributed by atoms with E-state index in [4.69, 9.17) is 0 Å². The molecule has 0 aromatic heterocycles. The molecule has 4 atom stereocenters. The number of thioether (sulfide) groups is 4. The lowest BCUT2D eigenvalue weighted by atomic mass is 9.97. The molecular formula is C48H28Br6O6S4. The second kappa shape index (κ2) is 20.1. The summed E-state index contributed by atoms with van der Waals surface area (Å²) in [5.41, 5.74) is 1.55. The second-order valence-electron chi connectivity index (χ2n) is 14.5. The van der Waals surface area contributed by atoms with Crippen molar-refractivity contribution in [3.05, 3.63) is 206 Å². The lowest BCUT2D eigenvalue weighted by molar-refractivity contribution is 0.0886. The smallest absolute Gasteiger partial charge is 0.191 e. The van der Waals surface area contributed by atoms with Crippen LogP contribution in [-0.4, -0.2) is 63.9 Å². The first-order chi connectivity index (χ1) is 30.6. The van der Waals surface area contributed by atoms with E-state index in [2.05, 4.69) is 95.6 Å². The normalized spacial score (nSPS) is 22.8. The van der Waals surface area contributed by atoms with E-state index in [1.165, 1.54) is 0 Å². The minimum atomic E-state index is -2.02. The number of rotatable bonds is 12. The summed E-state index contributed by atoms with van der Waals surface area (Å²) in [5.74, 6) is -2.87.